The van der Waals surface area contributed by atoms with E-state index >= 15 is 0 Å². The van der Waals surface area contributed by atoms with Crippen LogP contribution in [0, 0.1) is 0 Å². The first-order chi connectivity index (χ1) is 10.2. The van der Waals surface area contributed by atoms with Crippen LogP contribution in [0.5, 0.6) is 0 Å². The number of hydrogen-bond acceptors (Lipinski definition) is 3. The van der Waals surface area contributed by atoms with E-state index in [0.29, 0.717) is 10.6 Å². The second-order valence-corrected chi connectivity index (χ2v) is 5.03. The van der Waals surface area contributed by atoms with Crippen LogP contribution in [0.15, 0.2) is 29.1 Å². The van der Waals surface area contributed by atoms with E-state index in [-0.39, 0.29) is 12.4 Å². The lowest BCUT2D eigenvalue weighted by molar-refractivity contribution is -0.207. The Balaban J connectivity index is 2.50. The number of hydrogen-bond donors (Lipinski definition) is 1. The number of aliphatic hydroxyl groups excluding tert-OH is 1. The topological polar surface area (TPSA) is 60.1 Å². The molecule has 0 bridgehead atoms. The molecule has 0 fully saturated rings. The molecule has 1 N–H and O–H groups in total. The van der Waals surface area contributed by atoms with Gasteiger partial charge in [0.1, 0.15) is 0 Å². The predicted molar refractivity (Wildman–Crippen MR) is 74.7 cm³/mol. The Morgan fingerprint density at radius 3 is 2.41 bits per heavy atom. The molecule has 2 rings (SSSR count). The molecular formula is C13H13ClF3N3O2. The highest BCUT2D eigenvalue weighted by atomic mass is 35.5. The fraction of sp³-hybridized carbons (Fsp3) is 0.385. The minimum Gasteiger partial charge on any atom is -0.382 e. The first-order valence-corrected chi connectivity index (χ1v) is 6.80. The summed E-state index contributed by atoms with van der Waals surface area (Å²) in [5.74, 6) is 0.0480. The molecule has 0 aliphatic rings. The van der Waals surface area contributed by atoms with E-state index in [1.54, 1.807) is 19.1 Å². The Bertz CT molecular complexity index is 707. The fourth-order valence-corrected chi connectivity index (χ4v) is 2.03. The maximum Gasteiger partial charge on any atom is 0.416 e. The SMILES string of the molecule is CCn1nc(-c2ccc(Cl)cc2)n(C[C@@H](O)C(F)(F)F)c1=O. The third-order valence-electron chi connectivity index (χ3n) is 3.06. The molecule has 2 aromatic rings. The van der Waals surface area contributed by atoms with Gasteiger partial charge in [-0.2, -0.15) is 13.2 Å². The highest BCUT2D eigenvalue weighted by Crippen LogP contribution is 2.23. The van der Waals surface area contributed by atoms with Crippen molar-refractivity contribution in [2.45, 2.75) is 32.3 Å². The minimum absolute atomic E-state index is 0.0480. The van der Waals surface area contributed by atoms with Crippen molar-refractivity contribution in [1.82, 2.24) is 14.3 Å². The number of aryl methyl sites for hydroxylation is 1. The molecule has 1 atom stereocenters. The zero-order valence-electron chi connectivity index (χ0n) is 11.5. The average Bonchev–Trinajstić information content (AvgIpc) is 2.76. The number of aromatic nitrogens is 3. The van der Waals surface area contributed by atoms with Crippen molar-refractivity contribution < 1.29 is 18.3 Å². The minimum atomic E-state index is -4.81. The van der Waals surface area contributed by atoms with E-state index in [2.05, 4.69) is 5.10 Å². The summed E-state index contributed by atoms with van der Waals surface area (Å²) in [7, 11) is 0. The summed E-state index contributed by atoms with van der Waals surface area (Å²) in [5, 5.41) is 13.7. The number of alkyl halides is 3. The van der Waals surface area contributed by atoms with Crippen LogP contribution in [0.2, 0.25) is 5.02 Å². The van der Waals surface area contributed by atoms with E-state index in [9.17, 15) is 23.1 Å². The maximum atomic E-state index is 12.5. The molecule has 5 nitrogen and oxygen atoms in total. The van der Waals surface area contributed by atoms with Gasteiger partial charge in [-0.25, -0.2) is 9.48 Å². The van der Waals surface area contributed by atoms with Gasteiger partial charge >= 0.3 is 11.9 Å². The highest BCUT2D eigenvalue weighted by Gasteiger charge is 2.39. The first kappa shape index (κ1) is 16.6. The molecule has 0 spiro atoms. The lowest BCUT2D eigenvalue weighted by Crippen LogP contribution is -2.37. The summed E-state index contributed by atoms with van der Waals surface area (Å²) < 4.78 is 39.4. The molecule has 0 amide bonds. The third-order valence-corrected chi connectivity index (χ3v) is 3.31. The van der Waals surface area contributed by atoms with Crippen molar-refractivity contribution in [1.29, 1.82) is 0 Å². The van der Waals surface area contributed by atoms with Gasteiger partial charge in [0.05, 0.1) is 6.54 Å². The Morgan fingerprint density at radius 1 is 1.32 bits per heavy atom. The van der Waals surface area contributed by atoms with Gasteiger partial charge in [-0.05, 0) is 31.2 Å². The number of halogens is 4. The zero-order chi connectivity index (χ0) is 16.5. The molecule has 22 heavy (non-hydrogen) atoms. The number of nitrogens with zero attached hydrogens (tertiary/aromatic N) is 3. The van der Waals surface area contributed by atoms with Crippen LogP contribution in [0.3, 0.4) is 0 Å². The van der Waals surface area contributed by atoms with Gasteiger partial charge in [0.2, 0.25) is 0 Å². The lowest BCUT2D eigenvalue weighted by atomic mass is 10.2. The van der Waals surface area contributed by atoms with Gasteiger partial charge in [0.15, 0.2) is 11.9 Å². The molecule has 0 unspecified atom stereocenters. The smallest absolute Gasteiger partial charge is 0.382 e. The van der Waals surface area contributed by atoms with E-state index < -0.39 is 24.5 Å². The zero-order valence-corrected chi connectivity index (χ0v) is 12.3. The van der Waals surface area contributed by atoms with Crippen molar-refractivity contribution in [3.05, 3.63) is 39.8 Å². The molecule has 0 saturated carbocycles. The summed E-state index contributed by atoms with van der Waals surface area (Å²) >= 11 is 5.76. The molecule has 0 saturated heterocycles. The highest BCUT2D eigenvalue weighted by molar-refractivity contribution is 6.30. The summed E-state index contributed by atoms with van der Waals surface area (Å²) in [6.45, 7) is 0.930. The van der Waals surface area contributed by atoms with Crippen molar-refractivity contribution in [2.24, 2.45) is 0 Å². The molecule has 1 heterocycles. The Morgan fingerprint density at radius 2 is 1.91 bits per heavy atom. The predicted octanol–water partition coefficient (Wildman–Crippen LogP) is 2.31. The summed E-state index contributed by atoms with van der Waals surface area (Å²) in [6.07, 6.45) is -7.46. The molecule has 1 aromatic heterocycles. The van der Waals surface area contributed by atoms with Crippen LogP contribution >= 0.6 is 11.6 Å². The van der Waals surface area contributed by atoms with Gasteiger partial charge in [0.25, 0.3) is 0 Å². The third kappa shape index (κ3) is 3.33. The van der Waals surface area contributed by atoms with E-state index in [1.807, 2.05) is 0 Å². The van der Waals surface area contributed by atoms with Crippen LogP contribution in [0.25, 0.3) is 11.4 Å². The van der Waals surface area contributed by atoms with Crippen molar-refractivity contribution in [3.8, 4) is 11.4 Å². The van der Waals surface area contributed by atoms with Crippen LogP contribution in [0.4, 0.5) is 13.2 Å². The standard InChI is InChI=1S/C13H13ClF3N3O2/c1-2-20-12(22)19(7-10(21)13(15,16)17)11(18-20)8-3-5-9(14)6-4-8/h3-6,10,21H,2,7H2,1H3/t10-/m1/s1. The molecule has 1 aromatic carbocycles. The lowest BCUT2D eigenvalue weighted by Gasteiger charge is -2.15. The molecule has 0 aliphatic heterocycles. The molecule has 0 aliphatic carbocycles. The molecular weight excluding hydrogens is 323 g/mol. The van der Waals surface area contributed by atoms with E-state index in [4.69, 9.17) is 11.6 Å². The van der Waals surface area contributed by atoms with Crippen molar-refractivity contribution >= 4 is 11.6 Å². The van der Waals surface area contributed by atoms with Crippen LogP contribution in [-0.4, -0.2) is 31.7 Å². The second kappa shape index (κ2) is 6.13. The Kier molecular flexibility index (Phi) is 4.62. The summed E-state index contributed by atoms with van der Waals surface area (Å²) in [5.41, 5.74) is -0.279. The van der Waals surface area contributed by atoms with Crippen molar-refractivity contribution in [3.63, 3.8) is 0 Å². The van der Waals surface area contributed by atoms with Crippen LogP contribution < -0.4 is 5.69 Å². The quantitative estimate of drug-likeness (QED) is 0.932. The molecule has 120 valence electrons. The monoisotopic (exact) mass is 335 g/mol. The first-order valence-electron chi connectivity index (χ1n) is 6.42. The van der Waals surface area contributed by atoms with Crippen LogP contribution in [0.1, 0.15) is 6.92 Å². The fourth-order valence-electron chi connectivity index (χ4n) is 1.90. The Labute approximate surface area is 128 Å². The van der Waals surface area contributed by atoms with E-state index in [0.717, 1.165) is 9.25 Å². The average molecular weight is 336 g/mol. The number of benzene rings is 1. The van der Waals surface area contributed by atoms with Crippen LogP contribution in [-0.2, 0) is 13.1 Å². The largest absolute Gasteiger partial charge is 0.416 e. The Hall–Kier alpha value is -1.80. The summed E-state index contributed by atoms with van der Waals surface area (Å²) in [6, 6.07) is 6.16. The number of aliphatic hydroxyl groups is 1. The van der Waals surface area contributed by atoms with Gasteiger partial charge in [0, 0.05) is 17.1 Å². The van der Waals surface area contributed by atoms with Gasteiger partial charge in [-0.3, -0.25) is 4.57 Å². The van der Waals surface area contributed by atoms with Gasteiger partial charge in [-0.15, -0.1) is 5.10 Å². The normalized spacial score (nSPS) is 13.4. The van der Waals surface area contributed by atoms with Crippen molar-refractivity contribution in [2.75, 3.05) is 0 Å². The van der Waals surface area contributed by atoms with E-state index in [1.165, 1.54) is 12.1 Å². The van der Waals surface area contributed by atoms with Gasteiger partial charge < -0.3 is 5.11 Å². The molecule has 0 radical (unpaired) electrons. The summed E-state index contributed by atoms with van der Waals surface area (Å²) in [4.78, 5) is 12.1. The second-order valence-electron chi connectivity index (χ2n) is 4.60. The molecule has 9 heteroatoms. The van der Waals surface area contributed by atoms with Gasteiger partial charge in [-0.1, -0.05) is 11.6 Å². The maximum absolute atomic E-state index is 12.5. The number of rotatable bonds is 4.